The van der Waals surface area contributed by atoms with Crippen molar-refractivity contribution >= 4 is 11.6 Å². The molecule has 4 atom stereocenters. The maximum absolute atomic E-state index is 12.2. The SMILES string of the molecule is CC(=O)C1=C(O)[C@]2(C)[C@H]3C=C[C@@H](C3)[C@@H]2C1=O. The summed E-state index contributed by atoms with van der Waals surface area (Å²) in [6.45, 7) is 3.26. The lowest BCUT2D eigenvalue weighted by Gasteiger charge is -2.31. The van der Waals surface area contributed by atoms with E-state index in [4.69, 9.17) is 0 Å². The van der Waals surface area contributed by atoms with E-state index in [9.17, 15) is 14.7 Å². The van der Waals surface area contributed by atoms with Crippen LogP contribution < -0.4 is 0 Å². The molecule has 0 aromatic heterocycles. The maximum atomic E-state index is 12.2. The molecule has 2 bridgehead atoms. The lowest BCUT2D eigenvalue weighted by Crippen LogP contribution is -2.32. The standard InChI is InChI=1S/C13H14O3/c1-6(14)9-11(15)10-7-3-4-8(5-7)13(10,2)12(9)16/h3-4,7-8,10,16H,5H2,1-2H3/t7-,8-,10+,13+/m0/s1. The molecule has 3 aliphatic carbocycles. The first-order valence-corrected chi connectivity index (χ1v) is 5.65. The van der Waals surface area contributed by atoms with Crippen molar-refractivity contribution in [2.45, 2.75) is 20.3 Å². The van der Waals surface area contributed by atoms with Gasteiger partial charge in [0.05, 0.1) is 5.57 Å². The third kappa shape index (κ3) is 0.819. The molecular weight excluding hydrogens is 204 g/mol. The molecule has 1 fully saturated rings. The molecule has 0 radical (unpaired) electrons. The van der Waals surface area contributed by atoms with E-state index in [2.05, 4.69) is 12.2 Å². The van der Waals surface area contributed by atoms with E-state index < -0.39 is 5.41 Å². The second kappa shape index (κ2) is 2.65. The van der Waals surface area contributed by atoms with Gasteiger partial charge in [0.25, 0.3) is 0 Å². The molecule has 0 aromatic carbocycles. The van der Waals surface area contributed by atoms with Crippen molar-refractivity contribution in [1.29, 1.82) is 0 Å². The molecule has 3 nitrogen and oxygen atoms in total. The Morgan fingerprint density at radius 1 is 1.50 bits per heavy atom. The summed E-state index contributed by atoms with van der Waals surface area (Å²) in [7, 11) is 0. The van der Waals surface area contributed by atoms with Crippen LogP contribution in [0.5, 0.6) is 0 Å². The average Bonchev–Trinajstić information content (AvgIpc) is 2.79. The molecule has 0 spiro atoms. The predicted molar refractivity (Wildman–Crippen MR) is 57.7 cm³/mol. The Kier molecular flexibility index (Phi) is 1.63. The van der Waals surface area contributed by atoms with Crippen LogP contribution in [0.2, 0.25) is 0 Å². The van der Waals surface area contributed by atoms with Gasteiger partial charge in [-0.25, -0.2) is 0 Å². The van der Waals surface area contributed by atoms with Crippen molar-refractivity contribution < 1.29 is 14.7 Å². The third-order valence-electron chi connectivity index (χ3n) is 4.59. The van der Waals surface area contributed by atoms with Crippen molar-refractivity contribution in [2.24, 2.45) is 23.2 Å². The van der Waals surface area contributed by atoms with Gasteiger partial charge in [-0.1, -0.05) is 19.1 Å². The number of aliphatic hydroxyl groups is 1. The van der Waals surface area contributed by atoms with Crippen LogP contribution in [0.15, 0.2) is 23.5 Å². The van der Waals surface area contributed by atoms with Crippen LogP contribution in [0.1, 0.15) is 20.3 Å². The highest BCUT2D eigenvalue weighted by Gasteiger charge is 2.63. The Hall–Kier alpha value is -1.38. The Labute approximate surface area is 93.8 Å². The minimum Gasteiger partial charge on any atom is -0.511 e. The second-order valence-corrected chi connectivity index (χ2v) is 5.30. The number of carbonyl (C=O) groups excluding carboxylic acids is 2. The van der Waals surface area contributed by atoms with Gasteiger partial charge >= 0.3 is 0 Å². The molecule has 0 unspecified atom stereocenters. The molecule has 0 aliphatic heterocycles. The van der Waals surface area contributed by atoms with Crippen LogP contribution in [-0.2, 0) is 9.59 Å². The van der Waals surface area contributed by atoms with Gasteiger partial charge in [-0.05, 0) is 25.2 Å². The van der Waals surface area contributed by atoms with E-state index in [0.717, 1.165) is 6.42 Å². The van der Waals surface area contributed by atoms with E-state index >= 15 is 0 Å². The molecule has 84 valence electrons. The van der Waals surface area contributed by atoms with Gasteiger partial charge in [-0.15, -0.1) is 0 Å². The lowest BCUT2D eigenvalue weighted by molar-refractivity contribution is -0.123. The highest BCUT2D eigenvalue weighted by atomic mass is 16.3. The first-order valence-electron chi connectivity index (χ1n) is 5.65. The lowest BCUT2D eigenvalue weighted by atomic mass is 9.71. The van der Waals surface area contributed by atoms with Gasteiger partial charge < -0.3 is 5.11 Å². The second-order valence-electron chi connectivity index (χ2n) is 5.30. The first kappa shape index (κ1) is 9.82. The smallest absolute Gasteiger partial charge is 0.174 e. The molecule has 0 saturated heterocycles. The van der Waals surface area contributed by atoms with Crippen molar-refractivity contribution in [1.82, 2.24) is 0 Å². The van der Waals surface area contributed by atoms with E-state index in [1.54, 1.807) is 0 Å². The van der Waals surface area contributed by atoms with Crippen LogP contribution in [0.25, 0.3) is 0 Å². The molecule has 0 amide bonds. The highest BCUT2D eigenvalue weighted by Crippen LogP contribution is 2.63. The van der Waals surface area contributed by atoms with Gasteiger partial charge in [0, 0.05) is 11.3 Å². The van der Waals surface area contributed by atoms with Crippen LogP contribution in [-0.4, -0.2) is 16.7 Å². The number of hydrogen-bond donors (Lipinski definition) is 1. The zero-order chi connectivity index (χ0) is 11.7. The number of aliphatic hydroxyl groups excluding tert-OH is 1. The number of carbonyl (C=O) groups is 2. The van der Waals surface area contributed by atoms with Crippen molar-refractivity contribution in [3.63, 3.8) is 0 Å². The van der Waals surface area contributed by atoms with Crippen LogP contribution in [0.3, 0.4) is 0 Å². The summed E-state index contributed by atoms with van der Waals surface area (Å²) >= 11 is 0. The van der Waals surface area contributed by atoms with E-state index in [1.165, 1.54) is 6.92 Å². The zero-order valence-electron chi connectivity index (χ0n) is 9.36. The Morgan fingerprint density at radius 2 is 2.19 bits per heavy atom. The summed E-state index contributed by atoms with van der Waals surface area (Å²) in [4.78, 5) is 23.6. The summed E-state index contributed by atoms with van der Waals surface area (Å²) in [5, 5.41) is 10.2. The number of rotatable bonds is 1. The minimum atomic E-state index is -0.516. The summed E-state index contributed by atoms with van der Waals surface area (Å²) in [5.41, 5.74) is -0.469. The molecule has 0 heterocycles. The largest absolute Gasteiger partial charge is 0.511 e. The predicted octanol–water partition coefficient (Wildman–Crippen LogP) is 1.80. The van der Waals surface area contributed by atoms with Crippen LogP contribution in [0, 0.1) is 23.2 Å². The van der Waals surface area contributed by atoms with Crippen molar-refractivity contribution in [3.05, 3.63) is 23.5 Å². The summed E-state index contributed by atoms with van der Waals surface area (Å²) < 4.78 is 0. The fourth-order valence-electron chi connectivity index (χ4n) is 3.77. The first-order chi connectivity index (χ1) is 7.48. The van der Waals surface area contributed by atoms with Gasteiger partial charge in [0.15, 0.2) is 11.6 Å². The van der Waals surface area contributed by atoms with Crippen molar-refractivity contribution in [3.8, 4) is 0 Å². The quantitative estimate of drug-likeness (QED) is 0.539. The Morgan fingerprint density at radius 3 is 2.75 bits per heavy atom. The highest BCUT2D eigenvalue weighted by molar-refractivity contribution is 6.23. The van der Waals surface area contributed by atoms with Gasteiger partial charge in [-0.3, -0.25) is 9.59 Å². The van der Waals surface area contributed by atoms with Gasteiger partial charge in [-0.2, -0.15) is 0 Å². The number of Topliss-reactive ketones (excluding diaryl/α,β-unsaturated/α-hetero) is 2. The summed E-state index contributed by atoms with van der Waals surface area (Å²) in [5.74, 6) is -0.208. The van der Waals surface area contributed by atoms with E-state index in [-0.39, 0.29) is 40.7 Å². The monoisotopic (exact) mass is 218 g/mol. The topological polar surface area (TPSA) is 54.4 Å². The van der Waals surface area contributed by atoms with Crippen molar-refractivity contribution in [2.75, 3.05) is 0 Å². The molecule has 16 heavy (non-hydrogen) atoms. The molecule has 1 N–H and O–H groups in total. The van der Waals surface area contributed by atoms with E-state index in [0.29, 0.717) is 0 Å². The third-order valence-corrected chi connectivity index (χ3v) is 4.59. The molecule has 1 saturated carbocycles. The molecule has 3 rings (SSSR count). The molecule has 0 aromatic rings. The summed E-state index contributed by atoms with van der Waals surface area (Å²) in [6.07, 6.45) is 5.07. The number of allylic oxidation sites excluding steroid dienone is 4. The molecule has 3 aliphatic rings. The van der Waals surface area contributed by atoms with Crippen LogP contribution >= 0.6 is 0 Å². The fourth-order valence-corrected chi connectivity index (χ4v) is 3.77. The number of hydrogen-bond acceptors (Lipinski definition) is 3. The number of ketones is 2. The van der Waals surface area contributed by atoms with Gasteiger partial charge in [0.1, 0.15) is 5.76 Å². The average molecular weight is 218 g/mol. The molecule has 3 heteroatoms. The van der Waals surface area contributed by atoms with E-state index in [1.807, 2.05) is 6.92 Å². The minimum absolute atomic E-state index is 0.0341. The van der Waals surface area contributed by atoms with Gasteiger partial charge in [0.2, 0.25) is 0 Å². The maximum Gasteiger partial charge on any atom is 0.174 e. The fraction of sp³-hybridized carbons (Fsp3) is 0.538. The zero-order valence-corrected chi connectivity index (χ0v) is 9.36. The Bertz CT molecular complexity index is 472. The molecular formula is C13H14O3. The summed E-state index contributed by atoms with van der Waals surface area (Å²) in [6, 6.07) is 0. The Balaban J connectivity index is 2.19. The normalized spacial score (nSPS) is 44.4. The number of fused-ring (bicyclic) bond motifs is 5. The van der Waals surface area contributed by atoms with Crippen LogP contribution in [0.4, 0.5) is 0 Å².